The number of carbonyl (C=O) groups excluding carboxylic acids is 2. The highest BCUT2D eigenvalue weighted by atomic mass is 32.2. The summed E-state index contributed by atoms with van der Waals surface area (Å²) in [5, 5.41) is 2.55. The molecule has 1 amide bonds. The van der Waals surface area contributed by atoms with Gasteiger partial charge in [0.05, 0.1) is 25.1 Å². The number of benzene rings is 2. The molecule has 1 fully saturated rings. The molecule has 2 aromatic rings. The van der Waals surface area contributed by atoms with Crippen LogP contribution < -0.4 is 5.32 Å². The number of amides is 1. The lowest BCUT2D eigenvalue weighted by Crippen LogP contribution is -2.26. The highest BCUT2D eigenvalue weighted by Gasteiger charge is 2.32. The molecule has 1 atom stereocenters. The topological polar surface area (TPSA) is 81.7 Å². The second-order valence-electron chi connectivity index (χ2n) is 9.09. The number of thioether (sulfide) groups is 1. The molecule has 8 heteroatoms. The average Bonchev–Trinajstić information content (AvgIpc) is 2.86. The maximum Gasteiger partial charge on any atom is 0.335 e. The number of ketones is 1. The smallest absolute Gasteiger partial charge is 0.325 e. The van der Waals surface area contributed by atoms with Crippen molar-refractivity contribution in [2.45, 2.75) is 63.3 Å². The predicted octanol–water partition coefficient (Wildman–Crippen LogP) is 7.11. The lowest BCUT2D eigenvalue weighted by molar-refractivity contribution is -0.115. The molecule has 1 aliphatic carbocycles. The highest BCUT2D eigenvalue weighted by molar-refractivity contribution is 8.01. The van der Waals surface area contributed by atoms with E-state index in [4.69, 9.17) is 9.05 Å². The van der Waals surface area contributed by atoms with E-state index >= 15 is 0 Å². The molecule has 188 valence electrons. The molecule has 1 saturated carbocycles. The Bertz CT molecular complexity index is 1090. The van der Waals surface area contributed by atoms with Crippen LogP contribution in [0.3, 0.4) is 0 Å². The van der Waals surface area contributed by atoms with Gasteiger partial charge in [0.1, 0.15) is 5.25 Å². The Morgan fingerprint density at radius 1 is 1.03 bits per heavy atom. The van der Waals surface area contributed by atoms with Gasteiger partial charge in [-0.3, -0.25) is 14.2 Å². The molecule has 0 aromatic heterocycles. The van der Waals surface area contributed by atoms with Crippen LogP contribution >= 0.6 is 19.4 Å². The SMILES string of the molecule is CCOP(=O)(Cc1ccc(NC(=O)[C@@H]2SCC(=O)c3cc(C4CCCCC4)ccc32)cc1)OCC. The molecule has 0 spiro atoms. The van der Waals surface area contributed by atoms with Gasteiger partial charge < -0.3 is 14.4 Å². The maximum atomic E-state index is 13.2. The number of anilines is 1. The minimum Gasteiger partial charge on any atom is -0.325 e. The Labute approximate surface area is 212 Å². The third-order valence-electron chi connectivity index (χ3n) is 6.61. The van der Waals surface area contributed by atoms with Crippen molar-refractivity contribution in [2.24, 2.45) is 0 Å². The van der Waals surface area contributed by atoms with Gasteiger partial charge in [0.2, 0.25) is 5.91 Å². The summed E-state index contributed by atoms with van der Waals surface area (Å²) in [6.07, 6.45) is 6.30. The van der Waals surface area contributed by atoms with Gasteiger partial charge in [0, 0.05) is 11.3 Å². The first kappa shape index (κ1) is 26.2. The van der Waals surface area contributed by atoms with E-state index in [0.29, 0.717) is 36.1 Å². The van der Waals surface area contributed by atoms with Gasteiger partial charge in [-0.15, -0.1) is 11.8 Å². The lowest BCUT2D eigenvalue weighted by Gasteiger charge is -2.27. The first-order chi connectivity index (χ1) is 16.9. The molecule has 2 aromatic carbocycles. The fourth-order valence-electron chi connectivity index (χ4n) is 4.92. The molecule has 0 bridgehead atoms. The predicted molar refractivity (Wildman–Crippen MR) is 141 cm³/mol. The zero-order valence-corrected chi connectivity index (χ0v) is 22.2. The van der Waals surface area contributed by atoms with Crippen molar-refractivity contribution in [3.8, 4) is 0 Å². The number of rotatable bonds is 9. The number of carbonyl (C=O) groups is 2. The molecular formula is C27H34NO5PS. The summed E-state index contributed by atoms with van der Waals surface area (Å²) in [5.74, 6) is 0.783. The van der Waals surface area contributed by atoms with E-state index in [9.17, 15) is 14.2 Å². The van der Waals surface area contributed by atoms with Gasteiger partial charge in [0.25, 0.3) is 0 Å². The summed E-state index contributed by atoms with van der Waals surface area (Å²) >= 11 is 1.37. The van der Waals surface area contributed by atoms with E-state index in [1.807, 2.05) is 24.3 Å². The third-order valence-corrected chi connectivity index (χ3v) is 9.89. The Morgan fingerprint density at radius 3 is 2.37 bits per heavy atom. The van der Waals surface area contributed by atoms with E-state index in [1.165, 1.54) is 49.4 Å². The maximum absolute atomic E-state index is 13.2. The van der Waals surface area contributed by atoms with Crippen molar-refractivity contribution in [3.05, 3.63) is 64.7 Å². The van der Waals surface area contributed by atoms with Crippen LogP contribution in [0.25, 0.3) is 0 Å². The number of Topliss-reactive ketones (excluding diaryl/α,β-unsaturated/α-hetero) is 1. The van der Waals surface area contributed by atoms with E-state index in [0.717, 1.165) is 11.1 Å². The lowest BCUT2D eigenvalue weighted by atomic mass is 9.82. The van der Waals surface area contributed by atoms with Crippen molar-refractivity contribution in [1.29, 1.82) is 0 Å². The second-order valence-corrected chi connectivity index (χ2v) is 12.2. The van der Waals surface area contributed by atoms with Crippen LogP contribution in [0.2, 0.25) is 0 Å². The fourth-order valence-corrected chi connectivity index (χ4v) is 7.70. The summed E-state index contributed by atoms with van der Waals surface area (Å²) in [7, 11) is -3.19. The number of fused-ring (bicyclic) bond motifs is 1. The second kappa shape index (κ2) is 11.9. The number of hydrogen-bond acceptors (Lipinski definition) is 6. The van der Waals surface area contributed by atoms with Gasteiger partial charge in [0.15, 0.2) is 5.78 Å². The Kier molecular flexibility index (Phi) is 8.87. The van der Waals surface area contributed by atoms with Crippen LogP contribution in [0, 0.1) is 0 Å². The minimum absolute atomic E-state index is 0.101. The van der Waals surface area contributed by atoms with Crippen LogP contribution in [0.15, 0.2) is 42.5 Å². The van der Waals surface area contributed by atoms with Crippen LogP contribution in [0.4, 0.5) is 5.69 Å². The normalized spacial score (nSPS) is 18.8. The summed E-state index contributed by atoms with van der Waals surface area (Å²) in [6, 6.07) is 13.4. The number of nitrogens with one attached hydrogen (secondary N) is 1. The van der Waals surface area contributed by atoms with E-state index in [2.05, 4.69) is 11.4 Å². The highest BCUT2D eigenvalue weighted by Crippen LogP contribution is 2.51. The zero-order valence-electron chi connectivity index (χ0n) is 20.5. The molecular weight excluding hydrogens is 481 g/mol. The van der Waals surface area contributed by atoms with Crippen molar-refractivity contribution in [3.63, 3.8) is 0 Å². The molecule has 0 saturated heterocycles. The zero-order chi connectivity index (χ0) is 24.8. The summed E-state index contributed by atoms with van der Waals surface area (Å²) in [4.78, 5) is 25.9. The standard InChI is InChI=1S/C27H34NO5PS/c1-3-32-34(31,33-4-2)17-19-10-13-22(14-11-19)28-27(30)26-23-15-12-21(20-8-6-5-7-9-20)16-24(23)25(29)18-35-26/h10-16,20,26H,3-9,17-18H2,1-2H3,(H,28,30)/t26-/m1/s1. The van der Waals surface area contributed by atoms with Gasteiger partial charge in [-0.2, -0.15) is 0 Å². The summed E-state index contributed by atoms with van der Waals surface area (Å²) in [6.45, 7) is 4.21. The molecule has 6 nitrogen and oxygen atoms in total. The quantitative estimate of drug-likeness (QED) is 0.359. The molecule has 2 aliphatic rings. The van der Waals surface area contributed by atoms with Crippen molar-refractivity contribution in [1.82, 2.24) is 0 Å². The van der Waals surface area contributed by atoms with Crippen molar-refractivity contribution in [2.75, 3.05) is 24.3 Å². The average molecular weight is 516 g/mol. The van der Waals surface area contributed by atoms with E-state index in [1.54, 1.807) is 26.0 Å². The Morgan fingerprint density at radius 2 is 1.71 bits per heavy atom. The monoisotopic (exact) mass is 515 g/mol. The Balaban J connectivity index is 1.45. The van der Waals surface area contributed by atoms with E-state index < -0.39 is 12.8 Å². The van der Waals surface area contributed by atoms with E-state index in [-0.39, 0.29) is 17.9 Å². The molecule has 1 heterocycles. The van der Waals surface area contributed by atoms with Crippen LogP contribution in [-0.2, 0) is 24.6 Å². The largest absolute Gasteiger partial charge is 0.335 e. The minimum atomic E-state index is -3.19. The molecule has 0 radical (unpaired) electrons. The van der Waals surface area contributed by atoms with Crippen molar-refractivity contribution < 1.29 is 23.2 Å². The molecule has 1 N–H and O–H groups in total. The molecule has 35 heavy (non-hydrogen) atoms. The summed E-state index contributed by atoms with van der Waals surface area (Å²) < 4.78 is 23.5. The first-order valence-electron chi connectivity index (χ1n) is 12.5. The molecule has 4 rings (SSSR count). The molecule has 0 unspecified atom stereocenters. The summed E-state index contributed by atoms with van der Waals surface area (Å²) in [5.41, 5.74) is 4.19. The van der Waals surface area contributed by atoms with Crippen LogP contribution in [0.1, 0.15) is 84.2 Å². The van der Waals surface area contributed by atoms with Gasteiger partial charge in [-0.1, -0.05) is 43.5 Å². The van der Waals surface area contributed by atoms with Crippen LogP contribution in [0.5, 0.6) is 0 Å². The molecule has 1 aliphatic heterocycles. The number of hydrogen-bond donors (Lipinski definition) is 1. The Hall–Kier alpha value is -1.92. The van der Waals surface area contributed by atoms with Gasteiger partial charge in [-0.25, -0.2) is 0 Å². The fraction of sp³-hybridized carbons (Fsp3) is 0.481. The van der Waals surface area contributed by atoms with Crippen molar-refractivity contribution >= 4 is 36.7 Å². The first-order valence-corrected chi connectivity index (χ1v) is 15.3. The van der Waals surface area contributed by atoms with Gasteiger partial charge >= 0.3 is 7.60 Å². The third kappa shape index (κ3) is 6.45. The van der Waals surface area contributed by atoms with Gasteiger partial charge in [-0.05, 0) is 67.5 Å². The van der Waals surface area contributed by atoms with Crippen LogP contribution in [-0.4, -0.2) is 30.7 Å².